The summed E-state index contributed by atoms with van der Waals surface area (Å²) in [5.74, 6) is -1.14. The molecule has 1 aromatic carbocycles. The minimum absolute atomic E-state index is 0.0159. The van der Waals surface area contributed by atoms with Gasteiger partial charge in [0.1, 0.15) is 6.73 Å². The Morgan fingerprint density at radius 1 is 1.18 bits per heavy atom. The predicted octanol–water partition coefficient (Wildman–Crippen LogP) is 2.83. The number of carbonyl (C=O) groups is 1. The number of carbonyl (C=O) groups excluding carboxylic acids is 1. The summed E-state index contributed by atoms with van der Waals surface area (Å²) in [5.41, 5.74) is -1.25. The number of halogens is 3. The van der Waals surface area contributed by atoms with Crippen LogP contribution in [-0.4, -0.2) is 66.4 Å². The number of methoxy groups -OCH3 is 1. The fourth-order valence-corrected chi connectivity index (χ4v) is 4.24. The summed E-state index contributed by atoms with van der Waals surface area (Å²) in [4.78, 5) is 15.4. The van der Waals surface area contributed by atoms with E-state index in [-0.39, 0.29) is 49.1 Å². The molecule has 0 amide bonds. The highest BCUT2D eigenvalue weighted by atomic mass is 32.2. The summed E-state index contributed by atoms with van der Waals surface area (Å²) in [5, 5.41) is 4.06. The van der Waals surface area contributed by atoms with E-state index >= 15 is 0 Å². The van der Waals surface area contributed by atoms with Crippen LogP contribution in [0.25, 0.3) is 17.0 Å². The van der Waals surface area contributed by atoms with Gasteiger partial charge in [-0.05, 0) is 19.1 Å². The quantitative estimate of drug-likeness (QED) is 0.306. The zero-order valence-corrected chi connectivity index (χ0v) is 19.4. The first-order valence-electron chi connectivity index (χ1n) is 10.2. The van der Waals surface area contributed by atoms with Crippen molar-refractivity contribution in [2.45, 2.75) is 31.7 Å². The lowest BCUT2D eigenvalue weighted by molar-refractivity contribution is -0.139. The minimum atomic E-state index is -4.92. The molecule has 2 aromatic heterocycles. The third kappa shape index (κ3) is 5.23. The van der Waals surface area contributed by atoms with Crippen molar-refractivity contribution in [3.8, 4) is 5.95 Å². The van der Waals surface area contributed by atoms with Gasteiger partial charge in [-0.1, -0.05) is 6.92 Å². The predicted molar refractivity (Wildman–Crippen MR) is 113 cm³/mol. The first kappa shape index (κ1) is 25.6. The number of hydrogen-bond donors (Lipinski definition) is 0. The van der Waals surface area contributed by atoms with Crippen LogP contribution >= 0.6 is 0 Å². The summed E-state index contributed by atoms with van der Waals surface area (Å²) in [6.07, 6.45) is -2.39. The number of sulfone groups is 1. The lowest BCUT2D eigenvalue weighted by Crippen LogP contribution is -2.15. The molecule has 0 N–H and O–H groups in total. The van der Waals surface area contributed by atoms with Gasteiger partial charge in [0.25, 0.3) is 0 Å². The van der Waals surface area contributed by atoms with Crippen LogP contribution < -0.4 is 0 Å². The van der Waals surface area contributed by atoms with Gasteiger partial charge in [-0.25, -0.2) is 22.9 Å². The first-order valence-corrected chi connectivity index (χ1v) is 11.8. The van der Waals surface area contributed by atoms with Crippen LogP contribution in [0, 0.1) is 0 Å². The van der Waals surface area contributed by atoms with Crippen LogP contribution in [0.3, 0.4) is 0 Å². The van der Waals surface area contributed by atoms with Gasteiger partial charge in [0.15, 0.2) is 9.84 Å². The van der Waals surface area contributed by atoms with E-state index in [0.717, 1.165) is 6.07 Å². The van der Waals surface area contributed by atoms with E-state index in [1.54, 1.807) is 6.92 Å². The van der Waals surface area contributed by atoms with E-state index in [1.165, 1.54) is 35.7 Å². The molecule has 0 aliphatic rings. The molecule has 0 aliphatic heterocycles. The number of hydrogen-bond acceptors (Lipinski definition) is 8. The van der Waals surface area contributed by atoms with Crippen molar-refractivity contribution in [1.82, 2.24) is 19.3 Å². The number of fused-ring (bicyclic) bond motifs is 1. The summed E-state index contributed by atoms with van der Waals surface area (Å²) >= 11 is 0. The number of imidazole rings is 1. The highest BCUT2D eigenvalue weighted by Gasteiger charge is 2.38. The van der Waals surface area contributed by atoms with Crippen molar-refractivity contribution in [3.63, 3.8) is 0 Å². The Labute approximate surface area is 193 Å². The second-order valence-electron chi connectivity index (χ2n) is 7.00. The molecule has 0 radical (unpaired) electrons. The molecule has 0 spiro atoms. The number of esters is 1. The Morgan fingerprint density at radius 2 is 1.91 bits per heavy atom. The summed E-state index contributed by atoms with van der Waals surface area (Å²) < 4.78 is 84.1. The molecule has 14 heteroatoms. The van der Waals surface area contributed by atoms with Gasteiger partial charge < -0.3 is 14.2 Å². The molecule has 0 bridgehead atoms. The van der Waals surface area contributed by atoms with Crippen molar-refractivity contribution in [2.24, 2.45) is 0 Å². The molecular formula is C20H23F3N4O6S. The van der Waals surface area contributed by atoms with Crippen LogP contribution in [0.2, 0.25) is 0 Å². The second kappa shape index (κ2) is 10.1. The van der Waals surface area contributed by atoms with E-state index in [0.29, 0.717) is 6.07 Å². The monoisotopic (exact) mass is 504 g/mol. The maximum Gasteiger partial charge on any atom is 0.417 e. The maximum absolute atomic E-state index is 13.7. The highest BCUT2D eigenvalue weighted by Crippen LogP contribution is 2.37. The number of nitrogens with zero attached hydrogens (tertiary/aromatic N) is 4. The average molecular weight is 504 g/mol. The third-order valence-corrected chi connectivity index (χ3v) is 6.57. The SMILES string of the molecule is CCOC(=O)c1cnn(-c2nc3cc(C(F)(F)F)c(S(=O)(=O)CC)cc3n2COCCOC)c1. The molecule has 0 fully saturated rings. The van der Waals surface area contributed by atoms with Crippen LogP contribution in [-0.2, 0) is 37.0 Å². The van der Waals surface area contributed by atoms with Crippen LogP contribution in [0.15, 0.2) is 29.4 Å². The van der Waals surface area contributed by atoms with Crippen LogP contribution in [0.5, 0.6) is 0 Å². The maximum atomic E-state index is 13.7. The zero-order chi connectivity index (χ0) is 25.1. The molecule has 0 unspecified atom stereocenters. The van der Waals surface area contributed by atoms with Gasteiger partial charge in [0.05, 0.1) is 58.8 Å². The topological polar surface area (TPSA) is 115 Å². The molecule has 0 aliphatic carbocycles. The van der Waals surface area contributed by atoms with Crippen LogP contribution in [0.1, 0.15) is 29.8 Å². The number of rotatable bonds is 10. The second-order valence-corrected chi connectivity index (χ2v) is 9.25. The molecule has 0 saturated carbocycles. The Balaban J connectivity index is 2.22. The Kier molecular flexibility index (Phi) is 7.63. The van der Waals surface area contributed by atoms with Gasteiger partial charge in [-0.3, -0.25) is 4.57 Å². The minimum Gasteiger partial charge on any atom is -0.462 e. The van der Waals surface area contributed by atoms with Crippen LogP contribution in [0.4, 0.5) is 13.2 Å². The third-order valence-electron chi connectivity index (χ3n) is 4.80. The van der Waals surface area contributed by atoms with Crippen molar-refractivity contribution >= 4 is 26.8 Å². The molecule has 3 aromatic rings. The fraction of sp³-hybridized carbons (Fsp3) is 0.450. The summed E-state index contributed by atoms with van der Waals surface area (Å²) in [6.45, 7) is 3.26. The van der Waals surface area contributed by atoms with E-state index in [9.17, 15) is 26.4 Å². The smallest absolute Gasteiger partial charge is 0.417 e. The molecule has 10 nitrogen and oxygen atoms in total. The lowest BCUT2D eigenvalue weighted by atomic mass is 10.2. The lowest BCUT2D eigenvalue weighted by Gasteiger charge is -2.14. The van der Waals surface area contributed by atoms with Gasteiger partial charge >= 0.3 is 12.1 Å². The van der Waals surface area contributed by atoms with E-state index in [2.05, 4.69) is 10.1 Å². The summed E-state index contributed by atoms with van der Waals surface area (Å²) in [7, 11) is -2.75. The summed E-state index contributed by atoms with van der Waals surface area (Å²) in [6, 6.07) is 1.62. The largest absolute Gasteiger partial charge is 0.462 e. The normalized spacial score (nSPS) is 12.4. The van der Waals surface area contributed by atoms with Crippen molar-refractivity contribution in [3.05, 3.63) is 35.7 Å². The van der Waals surface area contributed by atoms with Crippen molar-refractivity contribution < 1.29 is 40.6 Å². The molecule has 0 saturated heterocycles. The van der Waals surface area contributed by atoms with Gasteiger partial charge in [0, 0.05) is 13.3 Å². The van der Waals surface area contributed by atoms with Gasteiger partial charge in [-0.2, -0.15) is 18.3 Å². The number of aromatic nitrogens is 4. The number of ether oxygens (including phenoxy) is 3. The molecule has 0 atom stereocenters. The molecule has 34 heavy (non-hydrogen) atoms. The number of benzene rings is 1. The molecule has 2 heterocycles. The molecule has 186 valence electrons. The highest BCUT2D eigenvalue weighted by molar-refractivity contribution is 7.91. The van der Waals surface area contributed by atoms with Crippen molar-refractivity contribution in [1.29, 1.82) is 0 Å². The average Bonchev–Trinajstić information content (AvgIpc) is 3.40. The fourth-order valence-electron chi connectivity index (χ4n) is 3.13. The van der Waals surface area contributed by atoms with E-state index in [4.69, 9.17) is 14.2 Å². The Morgan fingerprint density at radius 3 is 2.53 bits per heavy atom. The van der Waals surface area contributed by atoms with E-state index < -0.39 is 38.2 Å². The van der Waals surface area contributed by atoms with Crippen molar-refractivity contribution in [2.75, 3.05) is 32.7 Å². The van der Waals surface area contributed by atoms with Gasteiger partial charge in [-0.15, -0.1) is 0 Å². The number of alkyl halides is 3. The Bertz CT molecular complexity index is 1280. The molecule has 3 rings (SSSR count). The molecular weight excluding hydrogens is 481 g/mol. The Hall–Kier alpha value is -2.97. The standard InChI is InChI=1S/C20H23F3N4O6S/c1-4-33-18(28)13-10-24-27(11-13)19-25-15-8-14(20(21,22)23)17(34(29,30)5-2)9-16(15)26(19)12-32-7-6-31-3/h8-11H,4-7,12H2,1-3H3. The zero-order valence-electron chi connectivity index (χ0n) is 18.6. The van der Waals surface area contributed by atoms with Gasteiger partial charge in [0.2, 0.25) is 5.95 Å². The first-order chi connectivity index (χ1) is 16.0. The van der Waals surface area contributed by atoms with E-state index in [1.807, 2.05) is 0 Å².